The van der Waals surface area contributed by atoms with Crippen LogP contribution in [-0.4, -0.2) is 18.7 Å². The Kier molecular flexibility index (Phi) is 5.91. The van der Waals surface area contributed by atoms with Crippen LogP contribution in [0, 0.1) is 11.8 Å². The van der Waals surface area contributed by atoms with Crippen LogP contribution in [0.1, 0.15) is 31.9 Å². The first kappa shape index (κ1) is 15.1. The second-order valence-electron chi connectivity index (χ2n) is 4.31. The zero-order valence-corrected chi connectivity index (χ0v) is 11.6. The largest absolute Gasteiger partial charge is 0.447 e. The first-order valence-electron chi connectivity index (χ1n) is 6.36. The lowest BCUT2D eigenvalue weighted by atomic mass is 10.1. The molecule has 4 heteroatoms. The van der Waals surface area contributed by atoms with Crippen LogP contribution in [0.2, 0.25) is 0 Å². The fourth-order valence-electron chi connectivity index (χ4n) is 1.59. The molecule has 1 aromatic carbocycles. The molecule has 0 fully saturated rings. The predicted molar refractivity (Wildman–Crippen MR) is 77.0 cm³/mol. The molecule has 19 heavy (non-hydrogen) atoms. The van der Waals surface area contributed by atoms with Gasteiger partial charge in [-0.2, -0.15) is 0 Å². The van der Waals surface area contributed by atoms with Gasteiger partial charge in [0.2, 0.25) is 0 Å². The highest BCUT2D eigenvalue weighted by molar-refractivity contribution is 5.86. The third-order valence-corrected chi connectivity index (χ3v) is 2.40. The average Bonchev–Trinajstić information content (AvgIpc) is 2.36. The van der Waals surface area contributed by atoms with E-state index in [1.165, 1.54) is 0 Å². The van der Waals surface area contributed by atoms with Crippen LogP contribution in [0.25, 0.3) is 0 Å². The molecule has 0 unspecified atom stereocenters. The average molecular weight is 260 g/mol. The Morgan fingerprint density at radius 1 is 1.47 bits per heavy atom. The maximum atomic E-state index is 11.6. The highest BCUT2D eigenvalue weighted by atomic mass is 16.6. The molecule has 3 N–H and O–H groups in total. The minimum atomic E-state index is -0.439. The summed E-state index contributed by atoms with van der Waals surface area (Å²) in [6.07, 6.45) is 0.223. The van der Waals surface area contributed by atoms with Gasteiger partial charge in [-0.25, -0.2) is 4.79 Å². The first-order valence-corrected chi connectivity index (χ1v) is 6.36. The van der Waals surface area contributed by atoms with Crippen LogP contribution in [0.5, 0.6) is 0 Å². The lowest BCUT2D eigenvalue weighted by molar-refractivity contribution is 0.130. The van der Waals surface area contributed by atoms with Gasteiger partial charge in [0.25, 0.3) is 0 Å². The van der Waals surface area contributed by atoms with E-state index in [-0.39, 0.29) is 6.10 Å². The maximum Gasteiger partial charge on any atom is 0.411 e. The smallest absolute Gasteiger partial charge is 0.411 e. The Morgan fingerprint density at radius 3 is 2.79 bits per heavy atom. The van der Waals surface area contributed by atoms with Crippen molar-refractivity contribution in [2.75, 3.05) is 11.9 Å². The van der Waals surface area contributed by atoms with Crippen LogP contribution in [-0.2, 0) is 11.2 Å². The van der Waals surface area contributed by atoms with E-state index in [0.717, 1.165) is 23.2 Å². The summed E-state index contributed by atoms with van der Waals surface area (Å²) < 4.78 is 5.05. The second-order valence-corrected chi connectivity index (χ2v) is 4.31. The van der Waals surface area contributed by atoms with Crippen LogP contribution >= 0.6 is 0 Å². The molecule has 0 atom stereocenters. The molecule has 0 aliphatic carbocycles. The molecule has 0 saturated heterocycles. The van der Waals surface area contributed by atoms with E-state index in [1.807, 2.05) is 39.0 Å². The zero-order valence-electron chi connectivity index (χ0n) is 11.6. The molecule has 0 aromatic heterocycles. The fourth-order valence-corrected chi connectivity index (χ4v) is 1.59. The number of aryl methyl sites for hydroxylation is 1. The molecule has 4 nitrogen and oxygen atoms in total. The predicted octanol–water partition coefficient (Wildman–Crippen LogP) is 2.52. The maximum absolute atomic E-state index is 11.6. The summed E-state index contributed by atoms with van der Waals surface area (Å²) in [5.74, 6) is 5.78. The molecule has 1 amide bonds. The van der Waals surface area contributed by atoms with Gasteiger partial charge in [-0.05, 0) is 44.0 Å². The number of nitrogens with one attached hydrogen (secondary N) is 1. The number of hydrogen-bond donors (Lipinski definition) is 2. The van der Waals surface area contributed by atoms with Crippen LogP contribution in [0.4, 0.5) is 10.5 Å². The number of hydrogen-bond acceptors (Lipinski definition) is 3. The Bertz CT molecular complexity index is 499. The van der Waals surface area contributed by atoms with Crippen LogP contribution < -0.4 is 11.1 Å². The number of carbonyl (C=O) groups is 1. The van der Waals surface area contributed by atoms with Crippen LogP contribution in [0.15, 0.2) is 18.2 Å². The molecule has 0 aliphatic heterocycles. The van der Waals surface area contributed by atoms with Gasteiger partial charge in [-0.15, -0.1) is 0 Å². The highest BCUT2D eigenvalue weighted by Gasteiger charge is 2.08. The monoisotopic (exact) mass is 260 g/mol. The Balaban J connectivity index is 2.87. The van der Waals surface area contributed by atoms with Gasteiger partial charge in [-0.3, -0.25) is 5.32 Å². The van der Waals surface area contributed by atoms with E-state index in [9.17, 15) is 4.79 Å². The Labute approximate surface area is 114 Å². The topological polar surface area (TPSA) is 64.3 Å². The van der Waals surface area contributed by atoms with Crippen molar-refractivity contribution in [3.8, 4) is 11.8 Å². The molecule has 0 spiro atoms. The molecule has 0 saturated carbocycles. The number of benzene rings is 1. The van der Waals surface area contributed by atoms with Gasteiger partial charge in [0.1, 0.15) is 0 Å². The first-order chi connectivity index (χ1) is 9.06. The normalized spacial score (nSPS) is 9.74. The van der Waals surface area contributed by atoms with Crippen molar-refractivity contribution in [1.29, 1.82) is 0 Å². The van der Waals surface area contributed by atoms with Gasteiger partial charge in [0, 0.05) is 11.3 Å². The number of rotatable bonds is 3. The number of anilines is 1. The van der Waals surface area contributed by atoms with E-state index in [2.05, 4.69) is 17.2 Å². The Morgan fingerprint density at radius 2 is 2.21 bits per heavy atom. The highest BCUT2D eigenvalue weighted by Crippen LogP contribution is 2.18. The van der Waals surface area contributed by atoms with Gasteiger partial charge in [0.15, 0.2) is 0 Å². The van der Waals surface area contributed by atoms with E-state index in [1.54, 1.807) is 0 Å². The second kappa shape index (κ2) is 7.45. The van der Waals surface area contributed by atoms with Crippen molar-refractivity contribution < 1.29 is 9.53 Å². The lowest BCUT2D eigenvalue weighted by Crippen LogP contribution is -2.18. The molecule has 1 aromatic rings. The van der Waals surface area contributed by atoms with E-state index in [4.69, 9.17) is 10.5 Å². The van der Waals surface area contributed by atoms with Gasteiger partial charge in [-0.1, -0.05) is 18.8 Å². The van der Waals surface area contributed by atoms with Crippen molar-refractivity contribution in [3.63, 3.8) is 0 Å². The summed E-state index contributed by atoms with van der Waals surface area (Å²) in [7, 11) is 0. The van der Waals surface area contributed by atoms with Crippen LogP contribution in [0.3, 0.4) is 0 Å². The number of carbonyl (C=O) groups excluding carboxylic acids is 1. The van der Waals surface area contributed by atoms with E-state index in [0.29, 0.717) is 6.54 Å². The number of amides is 1. The van der Waals surface area contributed by atoms with E-state index < -0.39 is 6.09 Å². The molecular formula is C15H20N2O2. The zero-order chi connectivity index (χ0) is 14.3. The number of nitrogens with two attached hydrogens (primary N) is 1. The van der Waals surface area contributed by atoms with Crippen molar-refractivity contribution >= 4 is 11.8 Å². The third-order valence-electron chi connectivity index (χ3n) is 2.40. The molecule has 0 radical (unpaired) electrons. The molecule has 0 bridgehead atoms. The van der Waals surface area contributed by atoms with Crippen molar-refractivity contribution in [1.82, 2.24) is 0 Å². The van der Waals surface area contributed by atoms with Crippen molar-refractivity contribution in [3.05, 3.63) is 29.3 Å². The third kappa shape index (κ3) is 5.02. The lowest BCUT2D eigenvalue weighted by Gasteiger charge is -2.12. The van der Waals surface area contributed by atoms with Gasteiger partial charge in [0.05, 0.1) is 12.6 Å². The van der Waals surface area contributed by atoms with E-state index >= 15 is 0 Å². The standard InChI is InChI=1S/C15H20N2O2/c1-4-13-10-12(6-5-9-16)7-8-14(13)17-15(18)19-11(2)3/h7-8,10-11H,4,9,16H2,1-3H3,(H,17,18). The summed E-state index contributed by atoms with van der Waals surface area (Å²) in [6, 6.07) is 5.64. The molecule has 1 rings (SSSR count). The summed E-state index contributed by atoms with van der Waals surface area (Å²) >= 11 is 0. The summed E-state index contributed by atoms with van der Waals surface area (Å²) in [4.78, 5) is 11.6. The minimum Gasteiger partial charge on any atom is -0.447 e. The molecule has 0 aliphatic rings. The number of ether oxygens (including phenoxy) is 1. The van der Waals surface area contributed by atoms with Crippen molar-refractivity contribution in [2.45, 2.75) is 33.3 Å². The minimum absolute atomic E-state index is 0.139. The SMILES string of the molecule is CCc1cc(C#CCN)ccc1NC(=O)OC(C)C. The summed E-state index contributed by atoms with van der Waals surface area (Å²) in [5, 5.41) is 2.74. The molecule has 0 heterocycles. The van der Waals surface area contributed by atoms with Crippen molar-refractivity contribution in [2.24, 2.45) is 5.73 Å². The molecular weight excluding hydrogens is 240 g/mol. The fraction of sp³-hybridized carbons (Fsp3) is 0.400. The quantitative estimate of drug-likeness (QED) is 0.821. The van der Waals surface area contributed by atoms with Gasteiger partial charge < -0.3 is 10.5 Å². The molecule has 102 valence electrons. The van der Waals surface area contributed by atoms with Gasteiger partial charge >= 0.3 is 6.09 Å². The summed E-state index contributed by atoms with van der Waals surface area (Å²) in [5.41, 5.74) is 8.01. The Hall–Kier alpha value is -1.99. The summed E-state index contributed by atoms with van der Waals surface area (Å²) in [6.45, 7) is 5.98.